The van der Waals surface area contributed by atoms with Crippen molar-refractivity contribution in [2.75, 3.05) is 0 Å². The number of halogens is 3. The topological polar surface area (TPSA) is 33.6 Å². The summed E-state index contributed by atoms with van der Waals surface area (Å²) in [6.07, 6.45) is -4.58. The SMILES string of the molecule is Cc1ccc(-c2ccc3c(c2)c2ccccc2n3-c2ccc(-c3c(C)cccc3C(F)(F)F)cc2-c2ccc(C#N)cc2-n2c3ccccc3c3cc(-c4ccc(C)cc4C)ccc32)c(C)c1. The van der Waals surface area contributed by atoms with Gasteiger partial charge in [-0.25, -0.2) is 0 Å². The number of nitrogens with zero attached hydrogens (tertiary/aromatic N) is 3. The zero-order valence-corrected chi connectivity index (χ0v) is 37.7. The van der Waals surface area contributed by atoms with Crippen LogP contribution in [-0.4, -0.2) is 9.13 Å². The average molecular weight is 876 g/mol. The molecule has 0 saturated heterocycles. The number of aromatic nitrogens is 2. The second-order valence-corrected chi connectivity index (χ2v) is 17.9. The number of hydrogen-bond acceptors (Lipinski definition) is 1. The molecule has 3 nitrogen and oxygen atoms in total. The van der Waals surface area contributed by atoms with E-state index in [2.05, 4.69) is 140 Å². The van der Waals surface area contributed by atoms with Gasteiger partial charge in [-0.3, -0.25) is 0 Å². The highest BCUT2D eigenvalue weighted by atomic mass is 19.4. The van der Waals surface area contributed by atoms with Gasteiger partial charge in [0.25, 0.3) is 0 Å². The van der Waals surface area contributed by atoms with E-state index in [1.807, 2.05) is 54.6 Å². The standard InChI is InChI=1S/C61H44F3N3/c1-36-17-23-45(39(4)29-36)42-20-26-56-50(32-42)47-12-6-8-15-54(47)66(56)57-28-22-44(60-38(3)11-10-14-53(60)61(62,63)64)34-52(57)49-25-19-41(35-65)31-59(49)67-55-16-9-7-13-48(55)51-33-43(21-27-58(51)67)46-24-18-37(2)30-40(46)5/h6-34H,1-5H3. The van der Waals surface area contributed by atoms with Crippen LogP contribution in [0.4, 0.5) is 13.2 Å². The van der Waals surface area contributed by atoms with Crippen LogP contribution in [0.1, 0.15) is 38.9 Å². The molecule has 0 unspecified atom stereocenters. The molecule has 67 heavy (non-hydrogen) atoms. The van der Waals surface area contributed by atoms with Crippen molar-refractivity contribution in [1.82, 2.24) is 9.13 Å². The molecule has 9 aromatic carbocycles. The Morgan fingerprint density at radius 1 is 0.403 bits per heavy atom. The molecule has 0 saturated carbocycles. The van der Waals surface area contributed by atoms with E-state index in [-0.39, 0.29) is 5.56 Å². The first-order valence-corrected chi connectivity index (χ1v) is 22.5. The molecule has 0 aliphatic rings. The van der Waals surface area contributed by atoms with Crippen molar-refractivity contribution in [3.63, 3.8) is 0 Å². The molecule has 0 aliphatic heterocycles. The van der Waals surface area contributed by atoms with Crippen LogP contribution in [0.5, 0.6) is 0 Å². The Kier molecular flexibility index (Phi) is 9.79. The third-order valence-corrected chi connectivity index (χ3v) is 13.5. The predicted molar refractivity (Wildman–Crippen MR) is 270 cm³/mol. The second-order valence-electron chi connectivity index (χ2n) is 17.9. The summed E-state index contributed by atoms with van der Waals surface area (Å²) in [6, 6.07) is 60.8. The lowest BCUT2D eigenvalue weighted by atomic mass is 9.90. The molecule has 11 rings (SSSR count). The minimum absolute atomic E-state index is 0.133. The summed E-state index contributed by atoms with van der Waals surface area (Å²) in [5.74, 6) is 0. The minimum atomic E-state index is -4.58. The van der Waals surface area contributed by atoms with Gasteiger partial charge in [-0.15, -0.1) is 0 Å². The molecular formula is C61H44F3N3. The summed E-state index contributed by atoms with van der Waals surface area (Å²) in [5, 5.41) is 14.7. The fourth-order valence-electron chi connectivity index (χ4n) is 10.5. The van der Waals surface area contributed by atoms with E-state index in [4.69, 9.17) is 0 Å². The molecule has 0 amide bonds. The molecule has 0 N–H and O–H groups in total. The van der Waals surface area contributed by atoms with E-state index in [0.717, 1.165) is 88.9 Å². The summed E-state index contributed by atoms with van der Waals surface area (Å²) in [7, 11) is 0. The summed E-state index contributed by atoms with van der Waals surface area (Å²) in [4.78, 5) is 0. The molecular weight excluding hydrogens is 832 g/mol. The number of para-hydroxylation sites is 2. The number of hydrogen-bond donors (Lipinski definition) is 0. The van der Waals surface area contributed by atoms with E-state index in [9.17, 15) is 18.4 Å². The van der Waals surface area contributed by atoms with Crippen molar-refractivity contribution >= 4 is 43.6 Å². The van der Waals surface area contributed by atoms with Gasteiger partial charge in [0, 0.05) is 32.7 Å². The lowest BCUT2D eigenvalue weighted by molar-refractivity contribution is -0.137. The van der Waals surface area contributed by atoms with Crippen LogP contribution < -0.4 is 0 Å². The van der Waals surface area contributed by atoms with Crippen LogP contribution in [-0.2, 0) is 6.18 Å². The number of rotatable bonds is 6. The van der Waals surface area contributed by atoms with Crippen LogP contribution >= 0.6 is 0 Å². The average Bonchev–Trinajstić information content (AvgIpc) is 3.83. The van der Waals surface area contributed by atoms with Crippen LogP contribution in [0.25, 0.3) is 99.5 Å². The second kappa shape index (κ2) is 15.8. The Morgan fingerprint density at radius 2 is 0.925 bits per heavy atom. The highest BCUT2D eigenvalue weighted by molar-refractivity contribution is 6.13. The van der Waals surface area contributed by atoms with Crippen LogP contribution in [0.15, 0.2) is 176 Å². The normalized spacial score (nSPS) is 11.9. The van der Waals surface area contributed by atoms with Gasteiger partial charge in [-0.05, 0) is 151 Å². The van der Waals surface area contributed by atoms with E-state index in [1.54, 1.807) is 19.1 Å². The highest BCUT2D eigenvalue weighted by Gasteiger charge is 2.34. The first-order valence-electron chi connectivity index (χ1n) is 22.5. The summed E-state index contributed by atoms with van der Waals surface area (Å²) >= 11 is 0. The lowest BCUT2D eigenvalue weighted by Gasteiger charge is -2.21. The Morgan fingerprint density at radius 3 is 1.48 bits per heavy atom. The van der Waals surface area contributed by atoms with Gasteiger partial charge < -0.3 is 9.13 Å². The monoisotopic (exact) mass is 875 g/mol. The van der Waals surface area contributed by atoms with Crippen molar-refractivity contribution in [1.29, 1.82) is 5.26 Å². The molecule has 0 fully saturated rings. The molecule has 11 aromatic rings. The molecule has 6 heteroatoms. The fourth-order valence-corrected chi connectivity index (χ4v) is 10.5. The smallest absolute Gasteiger partial charge is 0.309 e. The van der Waals surface area contributed by atoms with Crippen molar-refractivity contribution in [3.05, 3.63) is 215 Å². The quantitative estimate of drug-likeness (QED) is 0.164. The third kappa shape index (κ3) is 6.89. The van der Waals surface area contributed by atoms with E-state index >= 15 is 0 Å². The molecule has 0 aliphatic carbocycles. The van der Waals surface area contributed by atoms with E-state index < -0.39 is 11.7 Å². The van der Waals surface area contributed by atoms with Crippen LogP contribution in [0.2, 0.25) is 0 Å². The summed E-state index contributed by atoms with van der Waals surface area (Å²) in [6.45, 7) is 10.2. The number of fused-ring (bicyclic) bond motifs is 6. The summed E-state index contributed by atoms with van der Waals surface area (Å²) < 4.78 is 49.3. The Hall–Kier alpha value is -8.14. The zero-order chi connectivity index (χ0) is 46.3. The molecule has 324 valence electrons. The van der Waals surface area contributed by atoms with Gasteiger partial charge in [0.15, 0.2) is 0 Å². The molecule has 0 spiro atoms. The number of aryl methyl sites for hydroxylation is 5. The molecule has 0 bridgehead atoms. The minimum Gasteiger partial charge on any atom is -0.309 e. The first-order chi connectivity index (χ1) is 32.4. The maximum Gasteiger partial charge on any atom is 0.417 e. The number of nitriles is 1. The number of alkyl halides is 3. The highest BCUT2D eigenvalue weighted by Crippen LogP contribution is 2.46. The van der Waals surface area contributed by atoms with Crippen molar-refractivity contribution in [2.24, 2.45) is 0 Å². The molecule has 2 heterocycles. The van der Waals surface area contributed by atoms with Crippen LogP contribution in [0, 0.1) is 45.9 Å². The van der Waals surface area contributed by atoms with Crippen molar-refractivity contribution < 1.29 is 13.2 Å². The van der Waals surface area contributed by atoms with E-state index in [1.165, 1.54) is 28.3 Å². The largest absolute Gasteiger partial charge is 0.417 e. The van der Waals surface area contributed by atoms with Crippen molar-refractivity contribution in [2.45, 2.75) is 40.8 Å². The van der Waals surface area contributed by atoms with Gasteiger partial charge in [-0.1, -0.05) is 120 Å². The Labute approximate surface area is 387 Å². The number of benzene rings is 9. The maximum absolute atomic E-state index is 15.0. The first kappa shape index (κ1) is 41.6. The zero-order valence-electron chi connectivity index (χ0n) is 37.7. The van der Waals surface area contributed by atoms with Gasteiger partial charge in [0.2, 0.25) is 0 Å². The van der Waals surface area contributed by atoms with Gasteiger partial charge in [0.05, 0.1) is 50.6 Å². The Balaban J connectivity index is 1.23. The molecule has 0 radical (unpaired) electrons. The third-order valence-electron chi connectivity index (χ3n) is 13.5. The molecule has 0 atom stereocenters. The van der Waals surface area contributed by atoms with Gasteiger partial charge >= 0.3 is 6.18 Å². The maximum atomic E-state index is 15.0. The fraction of sp³-hybridized carbons (Fsp3) is 0.0984. The van der Waals surface area contributed by atoms with Gasteiger partial charge in [-0.2, -0.15) is 18.4 Å². The van der Waals surface area contributed by atoms with Crippen molar-refractivity contribution in [3.8, 4) is 62.0 Å². The molecule has 2 aromatic heterocycles. The lowest BCUT2D eigenvalue weighted by Crippen LogP contribution is -2.08. The van der Waals surface area contributed by atoms with Gasteiger partial charge in [0.1, 0.15) is 0 Å². The Bertz CT molecular complexity index is 3870. The van der Waals surface area contributed by atoms with Crippen LogP contribution in [0.3, 0.4) is 0 Å². The van der Waals surface area contributed by atoms with E-state index in [0.29, 0.717) is 22.3 Å². The predicted octanol–water partition coefficient (Wildman–Crippen LogP) is 17.0. The summed E-state index contributed by atoms with van der Waals surface area (Å²) in [5.41, 5.74) is 17.0.